The van der Waals surface area contributed by atoms with Crippen LogP contribution in [0.3, 0.4) is 0 Å². The number of unbranched alkanes of at least 4 members (excludes halogenated alkanes) is 35. The average Bonchev–Trinajstić information content (AvgIpc) is 3.38. The minimum Gasteiger partial charge on any atom is -0.462 e. The maximum Gasteiger partial charge on any atom is 0.472 e. The summed E-state index contributed by atoms with van der Waals surface area (Å²) in [7, 11) is 1.48. The number of carbonyl (C=O) groups excluding carboxylic acids is 2. The van der Waals surface area contributed by atoms with Crippen LogP contribution in [0.4, 0.5) is 0 Å². The molecule has 0 amide bonds. The molecule has 0 aliphatic heterocycles. The predicted octanol–water partition coefficient (Wildman–Crippen LogP) is 20.3. The highest BCUT2D eigenvalue weighted by molar-refractivity contribution is 7.47. The first-order chi connectivity index (χ1) is 37.0. The number of allylic oxidation sites excluding steroid dienone is 10. The number of ether oxygens (including phenoxy) is 2. The van der Waals surface area contributed by atoms with Crippen molar-refractivity contribution in [1.82, 2.24) is 0 Å². The van der Waals surface area contributed by atoms with Crippen LogP contribution in [-0.2, 0) is 32.7 Å². The van der Waals surface area contributed by atoms with Crippen LogP contribution in [0, 0.1) is 0 Å². The highest BCUT2D eigenvalue weighted by atomic mass is 31.2. The Bertz CT molecular complexity index is 1470. The zero-order valence-electron chi connectivity index (χ0n) is 50.5. The van der Waals surface area contributed by atoms with Crippen molar-refractivity contribution in [2.45, 2.75) is 302 Å². The number of phosphoric ester groups is 1. The smallest absolute Gasteiger partial charge is 0.462 e. The van der Waals surface area contributed by atoms with Gasteiger partial charge in [0.15, 0.2) is 6.10 Å². The van der Waals surface area contributed by atoms with E-state index in [1.54, 1.807) is 0 Å². The molecule has 0 aromatic carbocycles. The largest absolute Gasteiger partial charge is 0.472 e. The molecule has 0 rings (SSSR count). The Morgan fingerprint density at radius 1 is 0.408 bits per heavy atom. The van der Waals surface area contributed by atoms with E-state index in [0.29, 0.717) is 17.4 Å². The van der Waals surface area contributed by atoms with Crippen molar-refractivity contribution in [1.29, 1.82) is 0 Å². The lowest BCUT2D eigenvalue weighted by atomic mass is 10.0. The van der Waals surface area contributed by atoms with E-state index < -0.39 is 26.5 Å². The van der Waals surface area contributed by atoms with E-state index >= 15 is 0 Å². The van der Waals surface area contributed by atoms with E-state index in [1.165, 1.54) is 193 Å². The van der Waals surface area contributed by atoms with Gasteiger partial charge in [-0.2, -0.15) is 0 Å². The Morgan fingerprint density at radius 3 is 1.08 bits per heavy atom. The predicted molar refractivity (Wildman–Crippen MR) is 326 cm³/mol. The Morgan fingerprint density at radius 2 is 0.711 bits per heavy atom. The van der Waals surface area contributed by atoms with Crippen LogP contribution in [0.2, 0.25) is 0 Å². The number of rotatable bonds is 59. The van der Waals surface area contributed by atoms with Crippen LogP contribution >= 0.6 is 7.82 Å². The molecule has 0 aromatic heterocycles. The summed E-state index contributed by atoms with van der Waals surface area (Å²) in [5, 5.41) is 0. The molecule has 444 valence electrons. The normalized spacial score (nSPS) is 13.6. The second kappa shape index (κ2) is 57.4. The van der Waals surface area contributed by atoms with Gasteiger partial charge in [-0.15, -0.1) is 0 Å². The van der Waals surface area contributed by atoms with Gasteiger partial charge in [-0.1, -0.05) is 261 Å². The summed E-state index contributed by atoms with van der Waals surface area (Å²) in [6.07, 6.45) is 74.7. The second-order valence-electron chi connectivity index (χ2n) is 22.8. The molecule has 0 fully saturated rings. The quantitative estimate of drug-likeness (QED) is 0.0211. The molecular formula is C66H123NO8P+. The molecule has 9 nitrogen and oxygen atoms in total. The van der Waals surface area contributed by atoms with E-state index in [0.717, 1.165) is 70.6 Å². The van der Waals surface area contributed by atoms with Crippen molar-refractivity contribution in [3.63, 3.8) is 0 Å². The summed E-state index contributed by atoms with van der Waals surface area (Å²) in [5.41, 5.74) is 0. The molecule has 0 saturated carbocycles. The molecular weight excluding hydrogens is 966 g/mol. The van der Waals surface area contributed by atoms with Crippen molar-refractivity contribution in [3.8, 4) is 0 Å². The number of hydrogen-bond donors (Lipinski definition) is 1. The van der Waals surface area contributed by atoms with Crippen LogP contribution in [-0.4, -0.2) is 74.9 Å². The number of nitrogens with zero attached hydrogens (tertiary/aromatic N) is 1. The van der Waals surface area contributed by atoms with Gasteiger partial charge in [0.05, 0.1) is 27.7 Å². The molecule has 10 heteroatoms. The third-order valence-electron chi connectivity index (χ3n) is 14.0. The number of phosphoric acid groups is 1. The van der Waals surface area contributed by atoms with E-state index in [4.69, 9.17) is 18.5 Å². The molecule has 0 saturated heterocycles. The zero-order chi connectivity index (χ0) is 55.6. The Hall–Kier alpha value is -2.29. The second-order valence-corrected chi connectivity index (χ2v) is 24.2. The lowest BCUT2D eigenvalue weighted by molar-refractivity contribution is -0.870. The lowest BCUT2D eigenvalue weighted by Crippen LogP contribution is -2.37. The van der Waals surface area contributed by atoms with E-state index in [9.17, 15) is 19.0 Å². The third kappa shape index (κ3) is 60.9. The van der Waals surface area contributed by atoms with E-state index in [-0.39, 0.29) is 32.0 Å². The van der Waals surface area contributed by atoms with Gasteiger partial charge in [0, 0.05) is 12.8 Å². The van der Waals surface area contributed by atoms with Gasteiger partial charge < -0.3 is 18.9 Å². The molecule has 0 spiro atoms. The van der Waals surface area contributed by atoms with Crippen molar-refractivity contribution >= 4 is 19.8 Å². The molecule has 2 unspecified atom stereocenters. The van der Waals surface area contributed by atoms with Crippen LogP contribution in [0.15, 0.2) is 60.8 Å². The average molecular weight is 1090 g/mol. The van der Waals surface area contributed by atoms with Gasteiger partial charge >= 0.3 is 19.8 Å². The van der Waals surface area contributed by atoms with Crippen LogP contribution in [0.1, 0.15) is 296 Å². The summed E-state index contributed by atoms with van der Waals surface area (Å²) in [5.74, 6) is -0.804. The van der Waals surface area contributed by atoms with Gasteiger partial charge in [0.2, 0.25) is 0 Å². The first kappa shape index (κ1) is 73.7. The minimum atomic E-state index is -4.39. The van der Waals surface area contributed by atoms with Crippen LogP contribution in [0.25, 0.3) is 0 Å². The van der Waals surface area contributed by atoms with Crippen LogP contribution in [0.5, 0.6) is 0 Å². The minimum absolute atomic E-state index is 0.0295. The number of likely N-dealkylation sites (N-methyl/N-ethyl adjacent to an activating group) is 1. The first-order valence-electron chi connectivity index (χ1n) is 32.0. The van der Waals surface area contributed by atoms with E-state index in [1.807, 2.05) is 21.1 Å². The Balaban J connectivity index is 3.95. The SMILES string of the molecule is CCCCC/C=C\C/C=C\CCCCCCCC(=O)OCC(COP(=O)(O)OCC[N+](C)(C)C)OC(=O)CCCCCCCCCCCCCCCCCCCCCCCC/C=C\C/C=C\C/C=C\CCCCCCC. The monoisotopic (exact) mass is 1090 g/mol. The highest BCUT2D eigenvalue weighted by Crippen LogP contribution is 2.43. The third-order valence-corrected chi connectivity index (χ3v) is 15.0. The van der Waals surface area contributed by atoms with Crippen LogP contribution < -0.4 is 0 Å². The topological polar surface area (TPSA) is 108 Å². The number of carbonyl (C=O) groups is 2. The van der Waals surface area contributed by atoms with E-state index in [2.05, 4.69) is 74.6 Å². The van der Waals surface area contributed by atoms with Crippen molar-refractivity contribution < 1.29 is 42.1 Å². The summed E-state index contributed by atoms with van der Waals surface area (Å²) in [6.45, 7) is 4.40. The fourth-order valence-corrected chi connectivity index (χ4v) is 9.80. The highest BCUT2D eigenvalue weighted by Gasteiger charge is 2.27. The van der Waals surface area contributed by atoms with Gasteiger partial charge in [-0.05, 0) is 83.5 Å². The van der Waals surface area contributed by atoms with Gasteiger partial charge in [0.25, 0.3) is 0 Å². The Kier molecular flexibility index (Phi) is 55.7. The number of quaternary nitrogens is 1. The summed E-state index contributed by atoms with van der Waals surface area (Å²) >= 11 is 0. The van der Waals surface area contributed by atoms with Gasteiger partial charge in [0.1, 0.15) is 19.8 Å². The molecule has 1 N–H and O–H groups in total. The summed E-state index contributed by atoms with van der Waals surface area (Å²) < 4.78 is 34.6. The summed E-state index contributed by atoms with van der Waals surface area (Å²) in [4.78, 5) is 35.7. The first-order valence-corrected chi connectivity index (χ1v) is 33.5. The zero-order valence-corrected chi connectivity index (χ0v) is 51.4. The molecule has 0 bridgehead atoms. The molecule has 0 heterocycles. The fourth-order valence-electron chi connectivity index (χ4n) is 9.05. The molecule has 0 radical (unpaired) electrons. The molecule has 2 atom stereocenters. The fraction of sp³-hybridized carbons (Fsp3) is 0.818. The molecule has 0 aromatic rings. The van der Waals surface area contributed by atoms with Crippen molar-refractivity contribution in [2.75, 3.05) is 47.5 Å². The standard InChI is InChI=1S/C66H122NO8P/c1-6-8-10-12-14-16-18-20-22-23-24-25-26-27-28-29-30-31-32-33-34-35-36-37-38-39-40-41-42-43-45-47-49-51-53-55-57-59-66(69)75-64(63-74-76(70,71)73-61-60-67(3,4)5)62-72-65(68)58-56-54-52-50-48-46-44-21-19-17-15-13-11-9-7-2/h15,17-18,20-21,23-24,26-27,44,64H,6-14,16,19,22,25,28-43,45-63H2,1-5H3/p+1/b17-15-,20-18-,24-23-,27-26-,44-21-. The number of esters is 2. The van der Waals surface area contributed by atoms with Gasteiger partial charge in [-0.25, -0.2) is 4.57 Å². The molecule has 76 heavy (non-hydrogen) atoms. The van der Waals surface area contributed by atoms with Crippen molar-refractivity contribution in [3.05, 3.63) is 60.8 Å². The maximum absolute atomic E-state index is 12.8. The summed E-state index contributed by atoms with van der Waals surface area (Å²) in [6, 6.07) is 0. The molecule has 0 aliphatic rings. The van der Waals surface area contributed by atoms with Crippen molar-refractivity contribution in [2.24, 2.45) is 0 Å². The molecule has 0 aliphatic carbocycles. The lowest BCUT2D eigenvalue weighted by Gasteiger charge is -2.24. The Labute approximate surface area is 470 Å². The number of hydrogen-bond acceptors (Lipinski definition) is 7. The maximum atomic E-state index is 12.8. The van der Waals surface area contributed by atoms with Gasteiger partial charge in [-0.3, -0.25) is 18.6 Å².